The molecule has 2 aliphatic rings. The van der Waals surface area contributed by atoms with E-state index in [9.17, 15) is 13.2 Å². The Morgan fingerprint density at radius 3 is 2.45 bits per heavy atom. The summed E-state index contributed by atoms with van der Waals surface area (Å²) in [5, 5.41) is 2.79. The van der Waals surface area contributed by atoms with Gasteiger partial charge < -0.3 is 19.5 Å². The maximum Gasteiger partial charge on any atom is 0.267 e. The topological polar surface area (TPSA) is 94.2 Å². The summed E-state index contributed by atoms with van der Waals surface area (Å²) >= 11 is 0. The van der Waals surface area contributed by atoms with E-state index in [0.717, 1.165) is 0 Å². The molecule has 0 saturated carbocycles. The van der Waals surface area contributed by atoms with Crippen LogP contribution >= 0.6 is 0 Å². The van der Waals surface area contributed by atoms with Gasteiger partial charge in [0, 0.05) is 11.8 Å². The van der Waals surface area contributed by atoms with Gasteiger partial charge in [-0.05, 0) is 29.8 Å². The Balaban J connectivity index is 1.39. The third-order valence-corrected chi connectivity index (χ3v) is 7.08. The minimum Gasteiger partial charge on any atom is -0.486 e. The number of carbonyl (C=O) groups excluding carboxylic acids is 1. The van der Waals surface area contributed by atoms with Crippen molar-refractivity contribution >= 4 is 27.3 Å². The number of rotatable bonds is 5. The Morgan fingerprint density at radius 1 is 0.909 bits per heavy atom. The SMILES string of the molecule is O=C(Nc1ccc2c(c1)OCCO2)[C@@H]1CN(S(=O)(=O)Cc2ccccc2)c2ccccc2O1. The summed E-state index contributed by atoms with van der Waals surface area (Å²) < 4.78 is 44.8. The normalized spacial score (nSPS) is 17.0. The first-order valence-corrected chi connectivity index (χ1v) is 12.1. The minimum atomic E-state index is -3.76. The number of sulfonamides is 1. The minimum absolute atomic E-state index is 0.136. The van der Waals surface area contributed by atoms with Crippen molar-refractivity contribution < 1.29 is 27.4 Å². The average Bonchev–Trinajstić information content (AvgIpc) is 2.83. The van der Waals surface area contributed by atoms with Gasteiger partial charge in [-0.2, -0.15) is 0 Å². The number of nitrogens with zero attached hydrogens (tertiary/aromatic N) is 1. The quantitative estimate of drug-likeness (QED) is 0.621. The van der Waals surface area contributed by atoms with Gasteiger partial charge >= 0.3 is 0 Å². The van der Waals surface area contributed by atoms with Gasteiger partial charge in [0.15, 0.2) is 17.6 Å². The summed E-state index contributed by atoms with van der Waals surface area (Å²) in [6, 6.07) is 20.8. The Hall–Kier alpha value is -3.72. The number of hydrogen-bond acceptors (Lipinski definition) is 6. The molecule has 1 amide bonds. The van der Waals surface area contributed by atoms with Gasteiger partial charge in [0.05, 0.1) is 18.0 Å². The molecular weight excluding hydrogens is 444 g/mol. The Morgan fingerprint density at radius 2 is 1.64 bits per heavy atom. The van der Waals surface area contributed by atoms with Crippen molar-refractivity contribution in [1.82, 2.24) is 0 Å². The maximum atomic E-state index is 13.3. The zero-order valence-corrected chi connectivity index (χ0v) is 18.5. The molecule has 3 aromatic rings. The Kier molecular flexibility index (Phi) is 5.55. The van der Waals surface area contributed by atoms with Crippen LogP contribution in [0.4, 0.5) is 11.4 Å². The molecule has 0 fully saturated rings. The van der Waals surface area contributed by atoms with Crippen molar-refractivity contribution in [1.29, 1.82) is 0 Å². The van der Waals surface area contributed by atoms with Crippen molar-refractivity contribution in [2.24, 2.45) is 0 Å². The highest BCUT2D eigenvalue weighted by atomic mass is 32.2. The maximum absolute atomic E-state index is 13.3. The van der Waals surface area contributed by atoms with E-state index in [4.69, 9.17) is 14.2 Å². The van der Waals surface area contributed by atoms with Gasteiger partial charge in [-0.3, -0.25) is 9.10 Å². The first-order chi connectivity index (χ1) is 16.0. The summed E-state index contributed by atoms with van der Waals surface area (Å²) in [5.74, 6) is 0.851. The van der Waals surface area contributed by atoms with Gasteiger partial charge in [0.1, 0.15) is 19.0 Å². The summed E-state index contributed by atoms with van der Waals surface area (Å²) in [5.41, 5.74) is 1.58. The lowest BCUT2D eigenvalue weighted by molar-refractivity contribution is -0.122. The first kappa shape index (κ1) is 21.1. The molecule has 2 heterocycles. The second-order valence-electron chi connectivity index (χ2n) is 7.69. The first-order valence-electron chi connectivity index (χ1n) is 10.5. The molecular formula is C24H22N2O6S. The van der Waals surface area contributed by atoms with Gasteiger partial charge in [0.2, 0.25) is 10.0 Å². The summed E-state index contributed by atoms with van der Waals surface area (Å²) in [4.78, 5) is 13.0. The highest BCUT2D eigenvalue weighted by molar-refractivity contribution is 7.92. The van der Waals surface area contributed by atoms with Crippen molar-refractivity contribution in [3.63, 3.8) is 0 Å². The fourth-order valence-corrected chi connectivity index (χ4v) is 5.39. The van der Waals surface area contributed by atoms with Crippen LogP contribution in [0.5, 0.6) is 17.2 Å². The monoisotopic (exact) mass is 466 g/mol. The van der Waals surface area contributed by atoms with E-state index in [-0.39, 0.29) is 12.3 Å². The van der Waals surface area contributed by atoms with E-state index >= 15 is 0 Å². The predicted molar refractivity (Wildman–Crippen MR) is 123 cm³/mol. The van der Waals surface area contributed by atoms with E-state index in [1.54, 1.807) is 66.7 Å². The lowest BCUT2D eigenvalue weighted by Gasteiger charge is -2.34. The number of amides is 1. The van der Waals surface area contributed by atoms with Crippen LogP contribution in [0.15, 0.2) is 72.8 Å². The predicted octanol–water partition coefficient (Wildman–Crippen LogP) is 3.19. The number of fused-ring (bicyclic) bond motifs is 2. The van der Waals surface area contributed by atoms with Gasteiger partial charge in [-0.15, -0.1) is 0 Å². The van der Waals surface area contributed by atoms with Crippen LogP contribution in [-0.4, -0.2) is 40.2 Å². The van der Waals surface area contributed by atoms with Crippen LogP contribution in [0.2, 0.25) is 0 Å². The van der Waals surface area contributed by atoms with Crippen LogP contribution in [0.25, 0.3) is 0 Å². The van der Waals surface area contributed by atoms with Crippen LogP contribution in [0.3, 0.4) is 0 Å². The van der Waals surface area contributed by atoms with E-state index in [0.29, 0.717) is 47.4 Å². The van der Waals surface area contributed by atoms with Gasteiger partial charge in [-0.25, -0.2) is 8.42 Å². The number of para-hydroxylation sites is 2. The molecule has 0 radical (unpaired) electrons. The molecule has 3 aromatic carbocycles. The summed E-state index contributed by atoms with van der Waals surface area (Å²) in [6.07, 6.45) is -1.03. The number of anilines is 2. The molecule has 170 valence electrons. The summed E-state index contributed by atoms with van der Waals surface area (Å²) in [6.45, 7) is 0.769. The fourth-order valence-electron chi connectivity index (χ4n) is 3.81. The molecule has 1 atom stereocenters. The molecule has 33 heavy (non-hydrogen) atoms. The molecule has 0 saturated heterocycles. The van der Waals surface area contributed by atoms with E-state index in [1.807, 2.05) is 6.07 Å². The third-order valence-electron chi connectivity index (χ3n) is 5.36. The lowest BCUT2D eigenvalue weighted by Crippen LogP contribution is -2.49. The van der Waals surface area contributed by atoms with Crippen molar-refractivity contribution in [3.05, 3.63) is 78.4 Å². The standard InChI is InChI=1S/C24H22N2O6S/c27-24(25-18-10-11-21-22(14-18)31-13-12-30-21)23-15-26(19-8-4-5-9-20(19)32-23)33(28,29)16-17-6-2-1-3-7-17/h1-11,14,23H,12-13,15-16H2,(H,25,27)/t23-/m0/s1. The van der Waals surface area contributed by atoms with Crippen molar-refractivity contribution in [2.75, 3.05) is 29.4 Å². The van der Waals surface area contributed by atoms with Crippen LogP contribution < -0.4 is 23.8 Å². The van der Waals surface area contributed by atoms with Gasteiger partial charge in [-0.1, -0.05) is 42.5 Å². The Bertz CT molecular complexity index is 1280. The molecule has 1 N–H and O–H groups in total. The third kappa shape index (κ3) is 4.45. The molecule has 0 spiro atoms. The number of nitrogens with one attached hydrogen (secondary N) is 1. The number of benzene rings is 3. The number of ether oxygens (including phenoxy) is 3. The van der Waals surface area contributed by atoms with Crippen molar-refractivity contribution in [3.8, 4) is 17.2 Å². The molecule has 0 aromatic heterocycles. The highest BCUT2D eigenvalue weighted by Crippen LogP contribution is 2.36. The van der Waals surface area contributed by atoms with E-state index in [1.165, 1.54) is 4.31 Å². The second-order valence-corrected chi connectivity index (χ2v) is 9.59. The zero-order chi connectivity index (χ0) is 22.8. The lowest BCUT2D eigenvalue weighted by atomic mass is 10.2. The van der Waals surface area contributed by atoms with Crippen LogP contribution in [-0.2, 0) is 20.6 Å². The van der Waals surface area contributed by atoms with E-state index < -0.39 is 22.0 Å². The molecule has 5 rings (SSSR count). The van der Waals surface area contributed by atoms with Crippen LogP contribution in [0, 0.1) is 0 Å². The number of carbonyl (C=O) groups is 1. The Labute approximate surface area is 191 Å². The average molecular weight is 467 g/mol. The largest absolute Gasteiger partial charge is 0.486 e. The smallest absolute Gasteiger partial charge is 0.267 e. The molecule has 0 bridgehead atoms. The molecule has 2 aliphatic heterocycles. The zero-order valence-electron chi connectivity index (χ0n) is 17.6. The molecule has 0 unspecified atom stereocenters. The van der Waals surface area contributed by atoms with E-state index in [2.05, 4.69) is 5.32 Å². The number of hydrogen-bond donors (Lipinski definition) is 1. The van der Waals surface area contributed by atoms with Crippen molar-refractivity contribution in [2.45, 2.75) is 11.9 Å². The van der Waals surface area contributed by atoms with Crippen LogP contribution in [0.1, 0.15) is 5.56 Å². The molecule has 8 nitrogen and oxygen atoms in total. The highest BCUT2D eigenvalue weighted by Gasteiger charge is 2.36. The summed E-state index contributed by atoms with van der Waals surface area (Å²) in [7, 11) is -3.76. The molecule has 0 aliphatic carbocycles. The fraction of sp³-hybridized carbons (Fsp3) is 0.208. The van der Waals surface area contributed by atoms with Gasteiger partial charge in [0.25, 0.3) is 5.91 Å². The molecule has 9 heteroatoms. The second kappa shape index (κ2) is 8.67.